The molecule has 0 bridgehead atoms. The molecule has 0 N–H and O–H groups in total. The maximum atomic E-state index is 13.2. The van der Waals surface area contributed by atoms with Crippen LogP contribution in [0.2, 0.25) is 0 Å². The van der Waals surface area contributed by atoms with Gasteiger partial charge in [0.1, 0.15) is 0 Å². The molecular weight excluding hydrogens is 366 g/mol. The second-order valence-corrected chi connectivity index (χ2v) is 8.16. The first kappa shape index (κ1) is 19.2. The second-order valence-electron chi connectivity index (χ2n) is 8.16. The van der Waals surface area contributed by atoms with E-state index in [9.17, 15) is 9.59 Å². The lowest BCUT2D eigenvalue weighted by molar-refractivity contribution is 0.488. The standard InChI is InChI=1S/C22H27N5O2/c1-14(2)11-12-25-20(28)18-19(24(5)22(25)29)23-21-26(18)13-15(3)27(21)16(4)17-9-7-6-8-10-17/h6-10,13-14,16H,11-12H2,1-5H3/t16-/m0/s1. The summed E-state index contributed by atoms with van der Waals surface area (Å²) in [6, 6.07) is 10.2. The van der Waals surface area contributed by atoms with Crippen molar-refractivity contribution in [3.63, 3.8) is 0 Å². The summed E-state index contributed by atoms with van der Waals surface area (Å²) < 4.78 is 6.76. The van der Waals surface area contributed by atoms with Gasteiger partial charge < -0.3 is 4.57 Å². The Kier molecular flexibility index (Phi) is 4.68. The fourth-order valence-corrected chi connectivity index (χ4v) is 3.97. The molecule has 7 nitrogen and oxygen atoms in total. The van der Waals surface area contributed by atoms with Gasteiger partial charge in [-0.15, -0.1) is 0 Å². The third-order valence-corrected chi connectivity index (χ3v) is 5.67. The highest BCUT2D eigenvalue weighted by Gasteiger charge is 2.22. The van der Waals surface area contributed by atoms with Crippen LogP contribution in [0.1, 0.15) is 44.5 Å². The van der Waals surface area contributed by atoms with Crippen molar-refractivity contribution in [2.45, 2.75) is 46.7 Å². The van der Waals surface area contributed by atoms with Crippen LogP contribution in [0.3, 0.4) is 0 Å². The number of imidazole rings is 2. The maximum Gasteiger partial charge on any atom is 0.332 e. The average Bonchev–Trinajstić information content (AvgIpc) is 3.20. The van der Waals surface area contributed by atoms with Gasteiger partial charge in [0.2, 0.25) is 5.78 Å². The van der Waals surface area contributed by atoms with Crippen molar-refractivity contribution >= 4 is 16.9 Å². The van der Waals surface area contributed by atoms with Crippen LogP contribution in [-0.2, 0) is 13.6 Å². The summed E-state index contributed by atoms with van der Waals surface area (Å²) in [7, 11) is 1.68. The Hall–Kier alpha value is -3.09. The topological polar surface area (TPSA) is 66.2 Å². The van der Waals surface area contributed by atoms with Gasteiger partial charge in [0.05, 0.1) is 6.04 Å². The van der Waals surface area contributed by atoms with E-state index in [1.165, 1.54) is 9.13 Å². The van der Waals surface area contributed by atoms with E-state index < -0.39 is 0 Å². The number of nitrogens with zero attached hydrogens (tertiary/aromatic N) is 5. The molecule has 152 valence electrons. The highest BCUT2D eigenvalue weighted by Crippen LogP contribution is 2.25. The van der Waals surface area contributed by atoms with Crippen molar-refractivity contribution in [3.8, 4) is 0 Å². The Bertz CT molecular complexity index is 1300. The third-order valence-electron chi connectivity index (χ3n) is 5.67. The Morgan fingerprint density at radius 3 is 2.41 bits per heavy atom. The molecule has 0 saturated heterocycles. The lowest BCUT2D eigenvalue weighted by atomic mass is 10.1. The molecule has 0 aliphatic carbocycles. The van der Waals surface area contributed by atoms with E-state index in [1.54, 1.807) is 7.05 Å². The van der Waals surface area contributed by atoms with E-state index in [1.807, 2.05) is 35.7 Å². The van der Waals surface area contributed by atoms with Crippen molar-refractivity contribution in [2.75, 3.05) is 0 Å². The number of aryl methyl sites for hydroxylation is 2. The van der Waals surface area contributed by atoms with Crippen LogP contribution in [0.5, 0.6) is 0 Å². The number of rotatable bonds is 5. The van der Waals surface area contributed by atoms with Crippen molar-refractivity contribution in [1.82, 2.24) is 23.1 Å². The minimum absolute atomic E-state index is 0.0470. The van der Waals surface area contributed by atoms with Gasteiger partial charge in [-0.25, -0.2) is 4.79 Å². The van der Waals surface area contributed by atoms with Crippen LogP contribution >= 0.6 is 0 Å². The summed E-state index contributed by atoms with van der Waals surface area (Å²) in [4.78, 5) is 30.7. The molecule has 0 spiro atoms. The molecule has 4 rings (SSSR count). The Morgan fingerprint density at radius 1 is 1.07 bits per heavy atom. The zero-order chi connectivity index (χ0) is 20.9. The van der Waals surface area contributed by atoms with Crippen molar-refractivity contribution in [2.24, 2.45) is 13.0 Å². The molecule has 1 atom stereocenters. The van der Waals surface area contributed by atoms with Gasteiger partial charge in [-0.05, 0) is 31.7 Å². The van der Waals surface area contributed by atoms with Crippen molar-refractivity contribution in [3.05, 3.63) is 68.6 Å². The largest absolute Gasteiger partial charge is 0.332 e. The van der Waals surface area contributed by atoms with E-state index in [0.29, 0.717) is 29.4 Å². The van der Waals surface area contributed by atoms with Crippen LogP contribution in [0.15, 0.2) is 46.1 Å². The molecule has 4 aromatic rings. The van der Waals surface area contributed by atoms with Crippen LogP contribution in [-0.4, -0.2) is 23.1 Å². The molecule has 0 saturated carbocycles. The average molecular weight is 393 g/mol. The van der Waals surface area contributed by atoms with Crippen LogP contribution < -0.4 is 11.2 Å². The summed E-state index contributed by atoms with van der Waals surface area (Å²) in [6.07, 6.45) is 2.70. The molecule has 0 radical (unpaired) electrons. The fraction of sp³-hybridized carbons (Fsp3) is 0.409. The fourth-order valence-electron chi connectivity index (χ4n) is 3.97. The highest BCUT2D eigenvalue weighted by molar-refractivity contribution is 5.75. The third kappa shape index (κ3) is 3.01. The lowest BCUT2D eigenvalue weighted by Gasteiger charge is -2.16. The number of hydrogen-bond acceptors (Lipinski definition) is 3. The molecule has 0 unspecified atom stereocenters. The molecular formula is C22H27N5O2. The molecule has 3 heterocycles. The van der Waals surface area contributed by atoms with Gasteiger partial charge in [-0.3, -0.25) is 18.3 Å². The number of fused-ring (bicyclic) bond motifs is 3. The summed E-state index contributed by atoms with van der Waals surface area (Å²) in [5.41, 5.74) is 2.44. The highest BCUT2D eigenvalue weighted by atomic mass is 16.2. The monoisotopic (exact) mass is 393 g/mol. The Labute approximate surface area is 168 Å². The van der Waals surface area contributed by atoms with E-state index in [0.717, 1.165) is 17.7 Å². The van der Waals surface area contributed by atoms with Crippen molar-refractivity contribution < 1.29 is 0 Å². The first-order valence-electron chi connectivity index (χ1n) is 10.1. The van der Waals surface area contributed by atoms with Crippen LogP contribution in [0, 0.1) is 12.8 Å². The summed E-state index contributed by atoms with van der Waals surface area (Å²) in [5.74, 6) is 1.07. The Morgan fingerprint density at radius 2 is 1.76 bits per heavy atom. The first-order chi connectivity index (χ1) is 13.8. The van der Waals surface area contributed by atoms with Gasteiger partial charge in [0.25, 0.3) is 5.56 Å². The molecule has 0 fully saturated rings. The zero-order valence-electron chi connectivity index (χ0n) is 17.6. The number of hydrogen-bond donors (Lipinski definition) is 0. The van der Waals surface area contributed by atoms with Gasteiger partial charge in [-0.2, -0.15) is 4.98 Å². The quantitative estimate of drug-likeness (QED) is 0.523. The molecule has 1 aromatic carbocycles. The number of aromatic nitrogens is 5. The van der Waals surface area contributed by atoms with Gasteiger partial charge in [-0.1, -0.05) is 44.2 Å². The number of benzene rings is 1. The second kappa shape index (κ2) is 7.06. The van der Waals surface area contributed by atoms with E-state index in [2.05, 4.69) is 37.5 Å². The predicted octanol–water partition coefficient (Wildman–Crippen LogP) is 3.11. The predicted molar refractivity (Wildman–Crippen MR) is 115 cm³/mol. The van der Waals surface area contributed by atoms with Crippen molar-refractivity contribution in [1.29, 1.82) is 0 Å². The molecule has 0 aliphatic heterocycles. The molecule has 0 aliphatic rings. The molecule has 0 amide bonds. The van der Waals surface area contributed by atoms with Gasteiger partial charge >= 0.3 is 5.69 Å². The first-order valence-corrected chi connectivity index (χ1v) is 10.1. The molecule has 29 heavy (non-hydrogen) atoms. The minimum Gasteiger partial charge on any atom is -0.307 e. The van der Waals surface area contributed by atoms with E-state index in [-0.39, 0.29) is 17.3 Å². The van der Waals surface area contributed by atoms with Crippen LogP contribution in [0.4, 0.5) is 0 Å². The van der Waals surface area contributed by atoms with E-state index in [4.69, 9.17) is 4.98 Å². The lowest BCUT2D eigenvalue weighted by Crippen LogP contribution is -2.39. The smallest absolute Gasteiger partial charge is 0.307 e. The maximum absolute atomic E-state index is 13.2. The zero-order valence-corrected chi connectivity index (χ0v) is 17.6. The van der Waals surface area contributed by atoms with Gasteiger partial charge in [0.15, 0.2) is 11.2 Å². The normalized spacial score (nSPS) is 13.0. The van der Waals surface area contributed by atoms with E-state index >= 15 is 0 Å². The summed E-state index contributed by atoms with van der Waals surface area (Å²) >= 11 is 0. The Balaban J connectivity index is 1.98. The minimum atomic E-state index is -0.316. The SMILES string of the molecule is Cc1cn2c3c(=O)n(CCC(C)C)c(=O)n(C)c3nc2n1[C@@H](C)c1ccccc1. The summed E-state index contributed by atoms with van der Waals surface area (Å²) in [5, 5.41) is 0. The summed E-state index contributed by atoms with van der Waals surface area (Å²) in [6.45, 7) is 8.70. The molecule has 3 aromatic heterocycles. The van der Waals surface area contributed by atoms with Crippen LogP contribution in [0.25, 0.3) is 16.9 Å². The van der Waals surface area contributed by atoms with Gasteiger partial charge in [0, 0.05) is 25.5 Å². The molecule has 7 heteroatoms.